The molecule has 1 unspecified atom stereocenters. The van der Waals surface area contributed by atoms with Gasteiger partial charge in [0.25, 0.3) is 5.91 Å². The van der Waals surface area contributed by atoms with E-state index in [1.54, 1.807) is 18.2 Å². The van der Waals surface area contributed by atoms with Crippen molar-refractivity contribution in [1.29, 1.82) is 0 Å². The number of carboxylic acids is 1. The maximum absolute atomic E-state index is 12.7. The minimum Gasteiger partial charge on any atom is -0.490 e. The van der Waals surface area contributed by atoms with E-state index in [0.29, 0.717) is 23.7 Å². The number of ether oxygens (including phenoxy) is 2. The van der Waals surface area contributed by atoms with Crippen LogP contribution in [0, 0.1) is 0 Å². The van der Waals surface area contributed by atoms with Crippen molar-refractivity contribution in [3.63, 3.8) is 0 Å². The Morgan fingerprint density at radius 3 is 2.70 bits per heavy atom. The molecule has 1 fully saturated rings. The van der Waals surface area contributed by atoms with Crippen molar-refractivity contribution in [2.24, 2.45) is 0 Å². The fourth-order valence-electron chi connectivity index (χ4n) is 2.73. The fourth-order valence-corrected chi connectivity index (χ4v) is 2.73. The third-order valence-corrected chi connectivity index (χ3v) is 3.91. The first-order valence-corrected chi connectivity index (χ1v) is 7.95. The molecule has 23 heavy (non-hydrogen) atoms. The van der Waals surface area contributed by atoms with E-state index < -0.39 is 12.6 Å². The van der Waals surface area contributed by atoms with E-state index in [0.717, 1.165) is 25.8 Å². The molecular formula is C17H23NO5. The number of amides is 1. The molecule has 1 aromatic carbocycles. The molecule has 0 aromatic heterocycles. The topological polar surface area (TPSA) is 76.1 Å². The van der Waals surface area contributed by atoms with Gasteiger partial charge in [-0.2, -0.15) is 0 Å². The lowest BCUT2D eigenvalue weighted by molar-refractivity contribution is -0.139. The van der Waals surface area contributed by atoms with E-state index in [1.165, 1.54) is 0 Å². The number of nitrogens with zero attached hydrogens (tertiary/aromatic N) is 1. The first-order valence-electron chi connectivity index (χ1n) is 7.95. The average Bonchev–Trinajstić information content (AvgIpc) is 2.53. The smallest absolute Gasteiger partial charge is 0.341 e. The number of aliphatic carboxylic acids is 1. The van der Waals surface area contributed by atoms with Crippen LogP contribution in [0.5, 0.6) is 11.5 Å². The van der Waals surface area contributed by atoms with E-state index in [2.05, 4.69) is 6.92 Å². The molecule has 0 bridgehead atoms. The van der Waals surface area contributed by atoms with Gasteiger partial charge in [-0.3, -0.25) is 4.79 Å². The highest BCUT2D eigenvalue weighted by Crippen LogP contribution is 2.30. The van der Waals surface area contributed by atoms with Crippen molar-refractivity contribution < 1.29 is 24.2 Å². The van der Waals surface area contributed by atoms with Crippen LogP contribution in [0.15, 0.2) is 18.2 Å². The van der Waals surface area contributed by atoms with E-state index in [1.807, 2.05) is 11.8 Å². The summed E-state index contributed by atoms with van der Waals surface area (Å²) in [6.45, 7) is 4.60. The van der Waals surface area contributed by atoms with Gasteiger partial charge in [0.1, 0.15) is 0 Å². The SMILES string of the molecule is CCOc1cc(C(=O)N2CCCCC2C)ccc1OCC(=O)O. The molecule has 6 heteroatoms. The molecule has 1 heterocycles. The Labute approximate surface area is 136 Å². The zero-order valence-electron chi connectivity index (χ0n) is 13.6. The van der Waals surface area contributed by atoms with Gasteiger partial charge in [-0.15, -0.1) is 0 Å². The lowest BCUT2D eigenvalue weighted by atomic mass is 10.0. The Hall–Kier alpha value is -2.24. The number of carboxylic acid groups (broad SMARTS) is 1. The minimum absolute atomic E-state index is 0.0251. The van der Waals surface area contributed by atoms with Crippen LogP contribution < -0.4 is 9.47 Å². The van der Waals surface area contributed by atoms with Gasteiger partial charge in [-0.25, -0.2) is 4.79 Å². The second-order valence-corrected chi connectivity index (χ2v) is 5.62. The molecule has 126 valence electrons. The molecule has 1 amide bonds. The van der Waals surface area contributed by atoms with E-state index in [9.17, 15) is 9.59 Å². The van der Waals surface area contributed by atoms with Crippen molar-refractivity contribution in [1.82, 2.24) is 4.90 Å². The zero-order chi connectivity index (χ0) is 16.8. The summed E-state index contributed by atoms with van der Waals surface area (Å²) >= 11 is 0. The summed E-state index contributed by atoms with van der Waals surface area (Å²) in [6, 6.07) is 5.11. The summed E-state index contributed by atoms with van der Waals surface area (Å²) in [5, 5.41) is 8.71. The molecule has 2 rings (SSSR count). The predicted octanol–water partition coefficient (Wildman–Crippen LogP) is 2.56. The Morgan fingerprint density at radius 1 is 1.26 bits per heavy atom. The van der Waals surface area contributed by atoms with E-state index in [-0.39, 0.29) is 11.9 Å². The molecule has 0 radical (unpaired) electrons. The maximum Gasteiger partial charge on any atom is 0.341 e. The highest BCUT2D eigenvalue weighted by atomic mass is 16.5. The largest absolute Gasteiger partial charge is 0.490 e. The number of carbonyl (C=O) groups is 2. The second-order valence-electron chi connectivity index (χ2n) is 5.62. The molecule has 0 spiro atoms. The van der Waals surface area contributed by atoms with Gasteiger partial charge >= 0.3 is 5.97 Å². The van der Waals surface area contributed by atoms with Crippen molar-refractivity contribution in [3.05, 3.63) is 23.8 Å². The van der Waals surface area contributed by atoms with Crippen LogP contribution in [0.25, 0.3) is 0 Å². The molecule has 1 aromatic rings. The summed E-state index contributed by atoms with van der Waals surface area (Å²) < 4.78 is 10.7. The predicted molar refractivity (Wildman–Crippen MR) is 85.1 cm³/mol. The molecule has 1 atom stereocenters. The molecule has 1 aliphatic heterocycles. The lowest BCUT2D eigenvalue weighted by Crippen LogP contribution is -2.42. The molecule has 0 aliphatic carbocycles. The summed E-state index contributed by atoms with van der Waals surface area (Å²) in [7, 11) is 0. The van der Waals surface area contributed by atoms with Gasteiger partial charge in [0.2, 0.25) is 0 Å². The van der Waals surface area contributed by atoms with Gasteiger partial charge in [-0.05, 0) is 51.3 Å². The lowest BCUT2D eigenvalue weighted by Gasteiger charge is -2.33. The van der Waals surface area contributed by atoms with Crippen LogP contribution in [-0.2, 0) is 4.79 Å². The van der Waals surface area contributed by atoms with Gasteiger partial charge in [-0.1, -0.05) is 0 Å². The van der Waals surface area contributed by atoms with Gasteiger partial charge < -0.3 is 19.5 Å². The molecular weight excluding hydrogens is 298 g/mol. The van der Waals surface area contributed by atoms with Gasteiger partial charge in [0, 0.05) is 18.2 Å². The van der Waals surface area contributed by atoms with Crippen LogP contribution in [0.3, 0.4) is 0 Å². The summed E-state index contributed by atoms with van der Waals surface area (Å²) in [6.07, 6.45) is 3.19. The third-order valence-electron chi connectivity index (χ3n) is 3.91. The van der Waals surface area contributed by atoms with E-state index in [4.69, 9.17) is 14.6 Å². The molecule has 1 saturated heterocycles. The average molecular weight is 321 g/mol. The molecule has 1 aliphatic rings. The van der Waals surface area contributed by atoms with Crippen molar-refractivity contribution in [2.75, 3.05) is 19.8 Å². The molecule has 0 saturated carbocycles. The monoisotopic (exact) mass is 321 g/mol. The minimum atomic E-state index is -1.06. The number of hydrogen-bond donors (Lipinski definition) is 1. The van der Waals surface area contributed by atoms with Gasteiger partial charge in [0.15, 0.2) is 18.1 Å². The number of rotatable bonds is 6. The molecule has 1 N–H and O–H groups in total. The third kappa shape index (κ3) is 4.37. The Morgan fingerprint density at radius 2 is 2.04 bits per heavy atom. The van der Waals surface area contributed by atoms with Gasteiger partial charge in [0.05, 0.1) is 6.61 Å². The summed E-state index contributed by atoms with van der Waals surface area (Å²) in [5.74, 6) is -0.362. The number of benzene rings is 1. The Kier molecular flexibility index (Phi) is 5.84. The number of carbonyl (C=O) groups excluding carboxylic acids is 1. The fraction of sp³-hybridized carbons (Fsp3) is 0.529. The van der Waals surface area contributed by atoms with E-state index >= 15 is 0 Å². The zero-order valence-corrected chi connectivity index (χ0v) is 13.6. The second kappa shape index (κ2) is 7.85. The highest BCUT2D eigenvalue weighted by Gasteiger charge is 2.25. The van der Waals surface area contributed by atoms with Crippen molar-refractivity contribution in [2.45, 2.75) is 39.2 Å². The van der Waals surface area contributed by atoms with Crippen LogP contribution in [0.4, 0.5) is 0 Å². The van der Waals surface area contributed by atoms with Crippen LogP contribution in [-0.4, -0.2) is 47.7 Å². The molecule has 6 nitrogen and oxygen atoms in total. The summed E-state index contributed by atoms with van der Waals surface area (Å²) in [4.78, 5) is 25.2. The van der Waals surface area contributed by atoms with Crippen molar-refractivity contribution >= 4 is 11.9 Å². The first kappa shape index (κ1) is 17.1. The highest BCUT2D eigenvalue weighted by molar-refractivity contribution is 5.95. The Bertz CT molecular complexity index is 572. The first-order chi connectivity index (χ1) is 11.0. The maximum atomic E-state index is 12.7. The summed E-state index contributed by atoms with van der Waals surface area (Å²) in [5.41, 5.74) is 0.532. The van der Waals surface area contributed by atoms with Crippen LogP contribution in [0.2, 0.25) is 0 Å². The van der Waals surface area contributed by atoms with Crippen molar-refractivity contribution in [3.8, 4) is 11.5 Å². The quantitative estimate of drug-likeness (QED) is 0.871. The normalized spacial score (nSPS) is 17.7. The Balaban J connectivity index is 2.20. The van der Waals surface area contributed by atoms with Crippen LogP contribution >= 0.6 is 0 Å². The number of likely N-dealkylation sites (tertiary alicyclic amines) is 1. The van der Waals surface area contributed by atoms with Crippen LogP contribution in [0.1, 0.15) is 43.5 Å². The standard InChI is InChI=1S/C17H23NO5/c1-3-22-15-10-13(7-8-14(15)23-11-16(19)20)17(21)18-9-5-4-6-12(18)2/h7-8,10,12H,3-6,9,11H2,1-2H3,(H,19,20). The number of hydrogen-bond acceptors (Lipinski definition) is 4. The number of piperidine rings is 1.